The van der Waals surface area contributed by atoms with Gasteiger partial charge in [0.1, 0.15) is 0 Å². The van der Waals surface area contributed by atoms with Gasteiger partial charge in [-0.25, -0.2) is 0 Å². The SMILES string of the molecule is Brc1cccc2c(CNC3CCCC3)c[nH]c12. The Bertz CT molecular complexity index is 512. The van der Waals surface area contributed by atoms with E-state index >= 15 is 0 Å². The van der Waals surface area contributed by atoms with Crippen LogP contribution in [-0.4, -0.2) is 11.0 Å². The van der Waals surface area contributed by atoms with E-state index in [2.05, 4.69) is 50.6 Å². The van der Waals surface area contributed by atoms with Gasteiger partial charge in [0.2, 0.25) is 0 Å². The molecule has 17 heavy (non-hydrogen) atoms. The maximum Gasteiger partial charge on any atom is 0.0601 e. The van der Waals surface area contributed by atoms with Gasteiger partial charge >= 0.3 is 0 Å². The van der Waals surface area contributed by atoms with Crippen LogP contribution >= 0.6 is 15.9 Å². The highest BCUT2D eigenvalue weighted by molar-refractivity contribution is 9.10. The molecule has 2 nitrogen and oxygen atoms in total. The molecule has 0 saturated heterocycles. The molecule has 2 N–H and O–H groups in total. The molecule has 3 heteroatoms. The molecule has 1 aromatic heterocycles. The third kappa shape index (κ3) is 2.26. The molecule has 0 aliphatic heterocycles. The molecule has 1 saturated carbocycles. The minimum absolute atomic E-state index is 0.729. The van der Waals surface area contributed by atoms with Gasteiger partial charge in [0.25, 0.3) is 0 Å². The molecule has 2 aromatic rings. The third-order valence-electron chi connectivity index (χ3n) is 3.69. The number of hydrogen-bond donors (Lipinski definition) is 2. The number of nitrogens with one attached hydrogen (secondary N) is 2. The van der Waals surface area contributed by atoms with Crippen LogP contribution < -0.4 is 5.32 Å². The highest BCUT2D eigenvalue weighted by Gasteiger charge is 2.14. The Morgan fingerprint density at radius 1 is 1.29 bits per heavy atom. The largest absolute Gasteiger partial charge is 0.360 e. The van der Waals surface area contributed by atoms with Crippen LogP contribution in [0.4, 0.5) is 0 Å². The van der Waals surface area contributed by atoms with Crippen molar-refractivity contribution < 1.29 is 0 Å². The van der Waals surface area contributed by atoms with Crippen molar-refractivity contribution in [3.63, 3.8) is 0 Å². The second-order valence-corrected chi connectivity index (χ2v) is 5.69. The van der Waals surface area contributed by atoms with Crippen molar-refractivity contribution in [2.24, 2.45) is 0 Å². The topological polar surface area (TPSA) is 27.8 Å². The number of halogens is 1. The van der Waals surface area contributed by atoms with Crippen molar-refractivity contribution in [3.8, 4) is 0 Å². The molecular weight excluding hydrogens is 276 g/mol. The first-order valence-corrected chi connectivity index (χ1v) is 7.12. The van der Waals surface area contributed by atoms with Gasteiger partial charge in [-0.05, 0) is 40.4 Å². The number of aromatic amines is 1. The van der Waals surface area contributed by atoms with Crippen LogP contribution in [0.1, 0.15) is 31.2 Å². The molecule has 0 atom stereocenters. The number of para-hydroxylation sites is 1. The summed E-state index contributed by atoms with van der Waals surface area (Å²) in [5.41, 5.74) is 2.57. The number of rotatable bonds is 3. The quantitative estimate of drug-likeness (QED) is 0.880. The van der Waals surface area contributed by atoms with E-state index in [9.17, 15) is 0 Å². The van der Waals surface area contributed by atoms with E-state index in [-0.39, 0.29) is 0 Å². The van der Waals surface area contributed by atoms with Crippen LogP contribution in [0, 0.1) is 0 Å². The molecule has 1 heterocycles. The summed E-state index contributed by atoms with van der Waals surface area (Å²) in [4.78, 5) is 3.34. The molecule has 0 bridgehead atoms. The highest BCUT2D eigenvalue weighted by atomic mass is 79.9. The van der Waals surface area contributed by atoms with Crippen LogP contribution in [-0.2, 0) is 6.54 Å². The van der Waals surface area contributed by atoms with Crippen LogP contribution in [0.15, 0.2) is 28.9 Å². The van der Waals surface area contributed by atoms with Gasteiger partial charge < -0.3 is 10.3 Å². The Morgan fingerprint density at radius 2 is 2.12 bits per heavy atom. The number of hydrogen-bond acceptors (Lipinski definition) is 1. The highest BCUT2D eigenvalue weighted by Crippen LogP contribution is 2.26. The van der Waals surface area contributed by atoms with Crippen molar-refractivity contribution in [1.29, 1.82) is 0 Å². The summed E-state index contributed by atoms with van der Waals surface area (Å²) < 4.78 is 1.14. The van der Waals surface area contributed by atoms with Gasteiger partial charge in [-0.15, -0.1) is 0 Å². The van der Waals surface area contributed by atoms with E-state index in [1.807, 2.05) is 0 Å². The zero-order valence-corrected chi connectivity index (χ0v) is 11.4. The molecule has 0 radical (unpaired) electrons. The van der Waals surface area contributed by atoms with E-state index in [0.717, 1.165) is 17.1 Å². The smallest absolute Gasteiger partial charge is 0.0601 e. The van der Waals surface area contributed by atoms with E-state index < -0.39 is 0 Å². The molecule has 0 amide bonds. The zero-order valence-electron chi connectivity index (χ0n) is 9.80. The van der Waals surface area contributed by atoms with Crippen molar-refractivity contribution in [1.82, 2.24) is 10.3 Å². The lowest BCUT2D eigenvalue weighted by molar-refractivity contribution is 0.525. The Labute approximate surface area is 110 Å². The summed E-state index contributed by atoms with van der Waals surface area (Å²) in [5, 5.41) is 4.98. The van der Waals surface area contributed by atoms with Crippen molar-refractivity contribution in [2.45, 2.75) is 38.3 Å². The van der Waals surface area contributed by atoms with E-state index in [0.29, 0.717) is 0 Å². The monoisotopic (exact) mass is 292 g/mol. The zero-order chi connectivity index (χ0) is 11.7. The van der Waals surface area contributed by atoms with Crippen LogP contribution in [0.25, 0.3) is 10.9 Å². The number of aromatic nitrogens is 1. The fourth-order valence-electron chi connectivity index (χ4n) is 2.71. The van der Waals surface area contributed by atoms with Gasteiger partial charge in [0.15, 0.2) is 0 Å². The first-order chi connectivity index (χ1) is 8.34. The number of H-pyrrole nitrogens is 1. The average molecular weight is 293 g/mol. The van der Waals surface area contributed by atoms with Crippen LogP contribution in [0.2, 0.25) is 0 Å². The van der Waals surface area contributed by atoms with Gasteiger partial charge in [0, 0.05) is 28.6 Å². The van der Waals surface area contributed by atoms with E-state index in [1.54, 1.807) is 0 Å². The fourth-order valence-corrected chi connectivity index (χ4v) is 3.19. The van der Waals surface area contributed by atoms with Gasteiger partial charge in [-0.3, -0.25) is 0 Å². The number of fused-ring (bicyclic) bond motifs is 1. The molecule has 1 aliphatic carbocycles. The molecule has 1 fully saturated rings. The van der Waals surface area contributed by atoms with Gasteiger partial charge in [0.05, 0.1) is 5.52 Å². The predicted molar refractivity (Wildman–Crippen MR) is 75.1 cm³/mol. The molecule has 1 aliphatic rings. The lowest BCUT2D eigenvalue weighted by atomic mass is 10.1. The minimum Gasteiger partial charge on any atom is -0.360 e. The van der Waals surface area contributed by atoms with Crippen LogP contribution in [0.3, 0.4) is 0 Å². The number of benzene rings is 1. The van der Waals surface area contributed by atoms with Crippen molar-refractivity contribution in [3.05, 3.63) is 34.4 Å². The van der Waals surface area contributed by atoms with Crippen LogP contribution in [0.5, 0.6) is 0 Å². The first-order valence-electron chi connectivity index (χ1n) is 6.32. The average Bonchev–Trinajstić information content (AvgIpc) is 2.95. The van der Waals surface area contributed by atoms with Crippen molar-refractivity contribution >= 4 is 26.8 Å². The Balaban J connectivity index is 1.78. The summed E-state index contributed by atoms with van der Waals surface area (Å²) in [6.07, 6.45) is 7.57. The summed E-state index contributed by atoms with van der Waals surface area (Å²) >= 11 is 3.58. The fraction of sp³-hybridized carbons (Fsp3) is 0.429. The lowest BCUT2D eigenvalue weighted by Gasteiger charge is -2.10. The van der Waals surface area contributed by atoms with E-state index in [4.69, 9.17) is 0 Å². The maximum absolute atomic E-state index is 3.66. The normalized spacial score (nSPS) is 17.0. The standard InChI is InChI=1S/C14H17BrN2/c15-13-7-3-6-12-10(9-17-14(12)13)8-16-11-4-1-2-5-11/h3,6-7,9,11,16-17H,1-2,4-5,8H2. The summed E-state index contributed by atoms with van der Waals surface area (Å²) in [7, 11) is 0. The molecule has 3 rings (SSSR count). The summed E-state index contributed by atoms with van der Waals surface area (Å²) in [6, 6.07) is 7.08. The lowest BCUT2D eigenvalue weighted by Crippen LogP contribution is -2.25. The predicted octanol–water partition coefficient (Wildman–Crippen LogP) is 3.96. The second kappa shape index (κ2) is 4.83. The Hall–Kier alpha value is -0.800. The second-order valence-electron chi connectivity index (χ2n) is 4.84. The Morgan fingerprint density at radius 3 is 2.94 bits per heavy atom. The maximum atomic E-state index is 3.66. The van der Waals surface area contributed by atoms with E-state index in [1.165, 1.54) is 42.1 Å². The minimum atomic E-state index is 0.729. The first kappa shape index (κ1) is 11.3. The molecular formula is C14H17BrN2. The summed E-state index contributed by atoms with van der Waals surface area (Å²) in [6.45, 7) is 0.973. The van der Waals surface area contributed by atoms with Crippen molar-refractivity contribution in [2.75, 3.05) is 0 Å². The summed E-state index contributed by atoms with van der Waals surface area (Å²) in [5.74, 6) is 0. The molecule has 90 valence electrons. The van der Waals surface area contributed by atoms with Gasteiger partial charge in [-0.2, -0.15) is 0 Å². The molecule has 1 aromatic carbocycles. The Kier molecular flexibility index (Phi) is 3.21. The van der Waals surface area contributed by atoms with Gasteiger partial charge in [-0.1, -0.05) is 25.0 Å². The molecule has 0 spiro atoms. The third-order valence-corrected chi connectivity index (χ3v) is 4.35. The molecule has 0 unspecified atom stereocenters.